The van der Waals surface area contributed by atoms with Crippen LogP contribution >= 0.6 is 0 Å². The van der Waals surface area contributed by atoms with Crippen LogP contribution in [0.2, 0.25) is 0 Å². The van der Waals surface area contributed by atoms with Crippen LogP contribution in [0.15, 0.2) is 64.2 Å². The molecule has 0 saturated carbocycles. The summed E-state index contributed by atoms with van der Waals surface area (Å²) in [6, 6.07) is 15.9. The maximum absolute atomic E-state index is 13.6. The number of nitrogens with zero attached hydrogens (tertiary/aromatic N) is 1. The van der Waals surface area contributed by atoms with Crippen molar-refractivity contribution in [1.29, 1.82) is 0 Å². The molecule has 0 aliphatic carbocycles. The lowest BCUT2D eigenvalue weighted by molar-refractivity contribution is -0.120. The van der Waals surface area contributed by atoms with Crippen LogP contribution in [0, 0.1) is 5.82 Å². The van der Waals surface area contributed by atoms with Gasteiger partial charge in [0.2, 0.25) is 0 Å². The summed E-state index contributed by atoms with van der Waals surface area (Å²) >= 11 is 0. The Morgan fingerprint density at radius 2 is 1.79 bits per heavy atom. The second-order valence-corrected chi connectivity index (χ2v) is 11.3. The van der Waals surface area contributed by atoms with Crippen LogP contribution in [0.25, 0.3) is 12.2 Å². The van der Waals surface area contributed by atoms with Crippen molar-refractivity contribution >= 4 is 12.2 Å². The molecule has 5 rings (SSSR count). The van der Waals surface area contributed by atoms with Gasteiger partial charge in [0.05, 0.1) is 25.5 Å². The molecule has 0 bridgehead atoms. The molecule has 4 N–H and O–H groups in total. The minimum atomic E-state index is -0.488. The zero-order valence-electron chi connectivity index (χ0n) is 24.5. The van der Waals surface area contributed by atoms with Gasteiger partial charge in [-0.3, -0.25) is 9.59 Å². The van der Waals surface area contributed by atoms with Crippen molar-refractivity contribution in [2.75, 3.05) is 26.3 Å². The summed E-state index contributed by atoms with van der Waals surface area (Å²) in [5, 5.41) is 3.58. The molecule has 1 saturated heterocycles. The first-order chi connectivity index (χ1) is 20.8. The number of ether oxygens (including phenoxy) is 2. The molecule has 0 amide bonds. The number of morpholine rings is 1. The third-order valence-corrected chi connectivity index (χ3v) is 7.47. The Bertz CT molecular complexity index is 1750. The number of halogens is 1. The van der Waals surface area contributed by atoms with Crippen LogP contribution in [-0.2, 0) is 22.5 Å². The first-order valence-corrected chi connectivity index (χ1v) is 14.7. The highest BCUT2D eigenvalue weighted by atomic mass is 19.1. The van der Waals surface area contributed by atoms with Crippen LogP contribution in [0.1, 0.15) is 60.9 Å². The summed E-state index contributed by atoms with van der Waals surface area (Å²) in [7, 11) is 0. The fourth-order valence-corrected chi connectivity index (χ4v) is 5.26. The summed E-state index contributed by atoms with van der Waals surface area (Å²) in [6.45, 7) is 7.29. The van der Waals surface area contributed by atoms with E-state index >= 15 is 0 Å². The van der Waals surface area contributed by atoms with Crippen molar-refractivity contribution in [2.45, 2.75) is 51.2 Å². The van der Waals surface area contributed by atoms with E-state index in [1.807, 2.05) is 44.2 Å². The zero-order chi connectivity index (χ0) is 30.2. The van der Waals surface area contributed by atoms with Crippen molar-refractivity contribution < 1.29 is 13.9 Å². The molecule has 10 heteroatoms. The molecule has 0 radical (unpaired) electrons. The highest BCUT2D eigenvalue weighted by Crippen LogP contribution is 2.24. The Morgan fingerprint density at radius 3 is 2.49 bits per heavy atom. The zero-order valence-corrected chi connectivity index (χ0v) is 24.5. The van der Waals surface area contributed by atoms with E-state index in [9.17, 15) is 14.0 Å². The highest BCUT2D eigenvalue weighted by molar-refractivity contribution is 5.49. The summed E-state index contributed by atoms with van der Waals surface area (Å²) in [4.78, 5) is 39.1. The smallest absolute Gasteiger partial charge is 0.272 e. The van der Waals surface area contributed by atoms with Gasteiger partial charge in [0.1, 0.15) is 27.9 Å². The number of aromatic amines is 3. The third kappa shape index (κ3) is 8.04. The predicted molar refractivity (Wildman–Crippen MR) is 164 cm³/mol. The minimum absolute atomic E-state index is 0.0423. The summed E-state index contributed by atoms with van der Waals surface area (Å²) in [6.07, 6.45) is 5.33. The summed E-state index contributed by atoms with van der Waals surface area (Å²) in [5.41, 5.74) is 1.70. The number of aromatic nitrogens is 4. The van der Waals surface area contributed by atoms with Gasteiger partial charge in [0.25, 0.3) is 11.1 Å². The fraction of sp³-hybridized carbons (Fsp3) is 0.364. The number of imidazole rings is 1. The normalized spacial score (nSPS) is 18.0. The van der Waals surface area contributed by atoms with Gasteiger partial charge in [0, 0.05) is 25.2 Å². The number of hydrogen-bond donors (Lipinski definition) is 4. The molecule has 1 aliphatic rings. The van der Waals surface area contributed by atoms with E-state index in [4.69, 9.17) is 14.5 Å². The topological polar surface area (TPSA) is 125 Å². The van der Waals surface area contributed by atoms with E-state index in [1.165, 1.54) is 24.3 Å². The van der Waals surface area contributed by atoms with E-state index in [1.54, 1.807) is 12.1 Å². The first kappa shape index (κ1) is 30.3. The van der Waals surface area contributed by atoms with Gasteiger partial charge >= 0.3 is 0 Å². The first-order valence-electron chi connectivity index (χ1n) is 14.7. The quantitative estimate of drug-likeness (QED) is 0.214. The molecule has 2 aromatic carbocycles. The lowest BCUT2D eigenvalue weighted by Gasteiger charge is -2.37. The molecule has 226 valence electrons. The van der Waals surface area contributed by atoms with Crippen LogP contribution in [0.4, 0.5) is 4.39 Å². The average Bonchev–Trinajstić information content (AvgIpc) is 3.39. The monoisotopic (exact) mass is 587 g/mol. The molecule has 1 fully saturated rings. The van der Waals surface area contributed by atoms with Crippen molar-refractivity contribution in [3.63, 3.8) is 0 Å². The number of rotatable bonds is 11. The van der Waals surface area contributed by atoms with E-state index in [0.29, 0.717) is 37.5 Å². The second-order valence-electron chi connectivity index (χ2n) is 11.3. The second kappa shape index (κ2) is 13.9. The molecule has 0 spiro atoms. The van der Waals surface area contributed by atoms with Crippen molar-refractivity contribution in [2.24, 2.45) is 0 Å². The van der Waals surface area contributed by atoms with Gasteiger partial charge < -0.3 is 29.7 Å². The van der Waals surface area contributed by atoms with Crippen LogP contribution in [0.3, 0.4) is 0 Å². The largest absolute Gasteiger partial charge is 0.374 e. The Morgan fingerprint density at radius 1 is 1.02 bits per heavy atom. The van der Waals surface area contributed by atoms with E-state index in [2.05, 4.69) is 20.3 Å². The number of benzene rings is 2. The van der Waals surface area contributed by atoms with E-state index in [0.717, 1.165) is 43.0 Å². The molecule has 2 aromatic heterocycles. The van der Waals surface area contributed by atoms with Gasteiger partial charge in [-0.15, -0.1) is 0 Å². The Labute approximate surface area is 248 Å². The predicted octanol–water partition coefficient (Wildman–Crippen LogP) is 2.60. The van der Waals surface area contributed by atoms with Crippen LogP contribution in [-0.4, -0.2) is 51.8 Å². The van der Waals surface area contributed by atoms with Crippen molar-refractivity contribution in [3.8, 4) is 0 Å². The average molecular weight is 588 g/mol. The number of aryl methyl sites for hydroxylation is 1. The van der Waals surface area contributed by atoms with Gasteiger partial charge in [-0.25, -0.2) is 9.37 Å². The number of hydrogen-bond acceptors (Lipinski definition) is 6. The third-order valence-electron chi connectivity index (χ3n) is 7.47. The molecule has 9 nitrogen and oxygen atoms in total. The lowest BCUT2D eigenvalue weighted by Crippen LogP contribution is -2.52. The molecule has 43 heavy (non-hydrogen) atoms. The molecule has 1 atom stereocenters. The van der Waals surface area contributed by atoms with Gasteiger partial charge in [-0.1, -0.05) is 56.3 Å². The maximum Gasteiger partial charge on any atom is 0.272 e. The Hall–Kier alpha value is -4.12. The minimum Gasteiger partial charge on any atom is -0.374 e. The van der Waals surface area contributed by atoms with Crippen LogP contribution in [0.5, 0.6) is 0 Å². The molecular weight excluding hydrogens is 549 g/mol. The van der Waals surface area contributed by atoms with Crippen molar-refractivity contribution in [3.05, 3.63) is 120 Å². The summed E-state index contributed by atoms with van der Waals surface area (Å²) in [5.74, 6) is 0.485. The SMILES string of the molecule is CC(C)c1[nH]c(CCCC2(COCc3ccccc3)CNCCO2)nc1/C=c1\[nH]c(=O)/c(=C/c2cccc(F)c2)[nH]c1=O. The fourth-order valence-electron chi connectivity index (χ4n) is 5.26. The molecule has 3 heterocycles. The van der Waals surface area contributed by atoms with Gasteiger partial charge in [-0.2, -0.15) is 0 Å². The standard InChI is InChI=1S/C33H38FN5O4/c1-22(2)30-26(18-28-32(41)37-27(31(40)38-28)17-24-10-6-11-25(34)16-24)36-29(39-30)12-7-13-33(20-35-14-15-43-33)21-42-19-23-8-4-3-5-9-23/h3-6,8-11,16-18,22,35H,7,12-15,19-21H2,1-2H3,(H,36,39)(H,37,41)(H,38,40)/b27-17-,28-18-. The van der Waals surface area contributed by atoms with Crippen LogP contribution < -0.4 is 27.1 Å². The molecular formula is C33H38FN5O4. The summed E-state index contributed by atoms with van der Waals surface area (Å²) < 4.78 is 25.9. The number of H-pyrrole nitrogens is 3. The number of nitrogens with one attached hydrogen (secondary N) is 4. The highest BCUT2D eigenvalue weighted by Gasteiger charge is 2.33. The maximum atomic E-state index is 13.6. The molecule has 4 aromatic rings. The van der Waals surface area contributed by atoms with Gasteiger partial charge in [0.15, 0.2) is 0 Å². The van der Waals surface area contributed by atoms with E-state index in [-0.39, 0.29) is 16.6 Å². The molecule has 1 aliphatic heterocycles. The Kier molecular flexibility index (Phi) is 9.81. The van der Waals surface area contributed by atoms with Gasteiger partial charge in [-0.05, 0) is 54.2 Å². The lowest BCUT2D eigenvalue weighted by atomic mass is 9.95. The van der Waals surface area contributed by atoms with Crippen molar-refractivity contribution in [1.82, 2.24) is 25.3 Å². The van der Waals surface area contributed by atoms with E-state index < -0.39 is 22.5 Å². The Balaban J connectivity index is 1.30. The molecule has 1 unspecified atom stereocenters.